The van der Waals surface area contributed by atoms with Gasteiger partial charge in [0, 0.05) is 17.3 Å². The van der Waals surface area contributed by atoms with Crippen molar-refractivity contribution in [1.29, 1.82) is 0 Å². The minimum Gasteiger partial charge on any atom is -0.393 e. The number of carbonyl (C=O) groups is 1. The van der Waals surface area contributed by atoms with E-state index in [1.54, 1.807) is 0 Å². The Kier molecular flexibility index (Phi) is 4.24. The quantitative estimate of drug-likeness (QED) is 0.749. The van der Waals surface area contributed by atoms with Crippen LogP contribution in [0.3, 0.4) is 0 Å². The Morgan fingerprint density at radius 2 is 2.21 bits per heavy atom. The predicted octanol–water partition coefficient (Wildman–Crippen LogP) is 1.23. The number of rotatable bonds is 5. The van der Waals surface area contributed by atoms with Crippen LogP contribution in [0.25, 0.3) is 0 Å². The number of aryl methyl sites for hydroxylation is 2. The standard InChI is InChI=1S/C14H23N3O2/c1-4-13(10-5-11(18)6-10)15-14(19)7-12-8(2)16-17-9(12)3/h10-11,13,18H,4-7H2,1-3H3,(H,15,19)(H,16,17)/t10?,11?,13-/m1/s1. The summed E-state index contributed by atoms with van der Waals surface area (Å²) in [7, 11) is 0. The van der Waals surface area contributed by atoms with E-state index >= 15 is 0 Å². The van der Waals surface area contributed by atoms with Crippen molar-refractivity contribution in [2.45, 2.75) is 58.6 Å². The molecule has 0 unspecified atom stereocenters. The summed E-state index contributed by atoms with van der Waals surface area (Å²) in [5, 5.41) is 19.4. The second-order valence-corrected chi connectivity index (χ2v) is 5.56. The molecule has 1 saturated carbocycles. The summed E-state index contributed by atoms with van der Waals surface area (Å²) in [6.07, 6.45) is 2.73. The van der Waals surface area contributed by atoms with Gasteiger partial charge in [0.25, 0.3) is 0 Å². The minimum absolute atomic E-state index is 0.0424. The number of hydrogen-bond acceptors (Lipinski definition) is 3. The first-order chi connectivity index (χ1) is 9.01. The normalized spacial score (nSPS) is 23.8. The molecular weight excluding hydrogens is 242 g/mol. The van der Waals surface area contributed by atoms with Gasteiger partial charge in [-0.05, 0) is 39.0 Å². The van der Waals surface area contributed by atoms with Crippen LogP contribution in [0.2, 0.25) is 0 Å². The molecule has 1 fully saturated rings. The maximum Gasteiger partial charge on any atom is 0.224 e. The van der Waals surface area contributed by atoms with Gasteiger partial charge in [0.1, 0.15) is 0 Å². The Bertz CT molecular complexity index is 430. The van der Waals surface area contributed by atoms with Crippen molar-refractivity contribution in [3.8, 4) is 0 Å². The highest BCUT2D eigenvalue weighted by Crippen LogP contribution is 2.31. The third-order valence-corrected chi connectivity index (χ3v) is 4.12. The molecule has 0 spiro atoms. The molecule has 1 amide bonds. The molecule has 1 aliphatic carbocycles. The number of aliphatic hydroxyl groups excluding tert-OH is 1. The predicted molar refractivity (Wildman–Crippen MR) is 72.7 cm³/mol. The zero-order chi connectivity index (χ0) is 14.0. The summed E-state index contributed by atoms with van der Waals surface area (Å²) in [5.74, 6) is 0.469. The van der Waals surface area contributed by atoms with E-state index in [4.69, 9.17) is 0 Å². The molecule has 19 heavy (non-hydrogen) atoms. The molecule has 1 aromatic heterocycles. The lowest BCUT2D eigenvalue weighted by Crippen LogP contribution is -2.47. The maximum absolute atomic E-state index is 12.1. The third-order valence-electron chi connectivity index (χ3n) is 4.12. The Morgan fingerprint density at radius 3 is 2.68 bits per heavy atom. The molecule has 3 N–H and O–H groups in total. The van der Waals surface area contributed by atoms with Crippen molar-refractivity contribution in [3.05, 3.63) is 17.0 Å². The average Bonchev–Trinajstić information content (AvgIpc) is 2.64. The van der Waals surface area contributed by atoms with Gasteiger partial charge in [-0.2, -0.15) is 5.10 Å². The highest BCUT2D eigenvalue weighted by molar-refractivity contribution is 5.79. The Morgan fingerprint density at radius 1 is 1.53 bits per heavy atom. The zero-order valence-corrected chi connectivity index (χ0v) is 11.9. The largest absolute Gasteiger partial charge is 0.393 e. The van der Waals surface area contributed by atoms with Gasteiger partial charge >= 0.3 is 0 Å². The molecule has 1 atom stereocenters. The number of hydrogen-bond donors (Lipinski definition) is 3. The first-order valence-electron chi connectivity index (χ1n) is 6.99. The number of nitrogens with zero attached hydrogens (tertiary/aromatic N) is 1. The second kappa shape index (κ2) is 5.74. The third kappa shape index (κ3) is 3.15. The van der Waals surface area contributed by atoms with Crippen LogP contribution >= 0.6 is 0 Å². The Hall–Kier alpha value is -1.36. The van der Waals surface area contributed by atoms with E-state index in [9.17, 15) is 9.90 Å². The molecule has 0 radical (unpaired) electrons. The van der Waals surface area contributed by atoms with Gasteiger partial charge in [-0.1, -0.05) is 6.92 Å². The summed E-state index contributed by atoms with van der Waals surface area (Å²) >= 11 is 0. The van der Waals surface area contributed by atoms with E-state index in [1.165, 1.54) is 0 Å². The van der Waals surface area contributed by atoms with E-state index < -0.39 is 0 Å². The molecule has 1 aromatic rings. The molecule has 0 saturated heterocycles. The summed E-state index contributed by atoms with van der Waals surface area (Å²) in [6, 6.07) is 0.184. The molecule has 5 heteroatoms. The molecule has 0 aromatic carbocycles. The average molecular weight is 265 g/mol. The molecule has 0 bridgehead atoms. The van der Waals surface area contributed by atoms with Crippen molar-refractivity contribution < 1.29 is 9.90 Å². The van der Waals surface area contributed by atoms with Gasteiger partial charge < -0.3 is 10.4 Å². The van der Waals surface area contributed by atoms with Crippen LogP contribution < -0.4 is 5.32 Å². The van der Waals surface area contributed by atoms with Crippen LogP contribution in [0.4, 0.5) is 0 Å². The van der Waals surface area contributed by atoms with Crippen LogP contribution in [0, 0.1) is 19.8 Å². The van der Waals surface area contributed by atoms with E-state index in [0.717, 1.165) is 36.2 Å². The molecule has 0 aliphatic heterocycles. The van der Waals surface area contributed by atoms with Crippen molar-refractivity contribution in [3.63, 3.8) is 0 Å². The smallest absolute Gasteiger partial charge is 0.224 e. The number of H-pyrrole nitrogens is 1. The van der Waals surface area contributed by atoms with Gasteiger partial charge in [0.05, 0.1) is 18.2 Å². The number of nitrogens with one attached hydrogen (secondary N) is 2. The number of aromatic nitrogens is 2. The first-order valence-corrected chi connectivity index (χ1v) is 6.99. The fourth-order valence-electron chi connectivity index (χ4n) is 2.76. The summed E-state index contributed by atoms with van der Waals surface area (Å²) < 4.78 is 0. The monoisotopic (exact) mass is 265 g/mol. The van der Waals surface area contributed by atoms with Crippen LogP contribution in [0.15, 0.2) is 0 Å². The summed E-state index contributed by atoms with van der Waals surface area (Å²) in [6.45, 7) is 5.91. The molecule has 106 valence electrons. The molecule has 2 rings (SSSR count). The van der Waals surface area contributed by atoms with Crippen LogP contribution in [0.5, 0.6) is 0 Å². The Labute approximate surface area is 113 Å². The summed E-state index contributed by atoms with van der Waals surface area (Å²) in [5.41, 5.74) is 2.83. The summed E-state index contributed by atoms with van der Waals surface area (Å²) in [4.78, 5) is 12.1. The Balaban J connectivity index is 1.90. The lowest BCUT2D eigenvalue weighted by Gasteiger charge is -2.37. The first kappa shape index (κ1) is 14.1. The van der Waals surface area contributed by atoms with Gasteiger partial charge in [0.2, 0.25) is 5.91 Å². The molecular formula is C14H23N3O2. The second-order valence-electron chi connectivity index (χ2n) is 5.56. The van der Waals surface area contributed by atoms with E-state index in [0.29, 0.717) is 12.3 Å². The SMILES string of the molecule is CC[C@@H](NC(=O)Cc1c(C)n[nH]c1C)C1CC(O)C1. The van der Waals surface area contributed by atoms with Crippen molar-refractivity contribution in [2.75, 3.05) is 0 Å². The fraction of sp³-hybridized carbons (Fsp3) is 0.714. The molecule has 1 aliphatic rings. The fourth-order valence-corrected chi connectivity index (χ4v) is 2.76. The van der Waals surface area contributed by atoms with Gasteiger partial charge in [-0.25, -0.2) is 0 Å². The van der Waals surface area contributed by atoms with E-state index in [1.807, 2.05) is 13.8 Å². The number of aliphatic hydroxyl groups is 1. The number of carbonyl (C=O) groups excluding carboxylic acids is 1. The highest BCUT2D eigenvalue weighted by Gasteiger charge is 2.33. The lowest BCUT2D eigenvalue weighted by atomic mass is 9.76. The zero-order valence-electron chi connectivity index (χ0n) is 11.9. The van der Waals surface area contributed by atoms with Crippen molar-refractivity contribution in [1.82, 2.24) is 15.5 Å². The van der Waals surface area contributed by atoms with Crippen molar-refractivity contribution in [2.24, 2.45) is 5.92 Å². The maximum atomic E-state index is 12.1. The van der Waals surface area contributed by atoms with Crippen LogP contribution in [-0.4, -0.2) is 33.4 Å². The number of aromatic amines is 1. The van der Waals surface area contributed by atoms with E-state index in [-0.39, 0.29) is 18.1 Å². The van der Waals surface area contributed by atoms with Crippen molar-refractivity contribution >= 4 is 5.91 Å². The highest BCUT2D eigenvalue weighted by atomic mass is 16.3. The topological polar surface area (TPSA) is 78.0 Å². The van der Waals surface area contributed by atoms with Crippen LogP contribution in [0.1, 0.15) is 43.1 Å². The van der Waals surface area contributed by atoms with Crippen LogP contribution in [-0.2, 0) is 11.2 Å². The van der Waals surface area contributed by atoms with E-state index in [2.05, 4.69) is 22.4 Å². The van der Waals surface area contributed by atoms with Gasteiger partial charge in [-0.3, -0.25) is 9.89 Å². The van der Waals surface area contributed by atoms with Gasteiger partial charge in [-0.15, -0.1) is 0 Å². The minimum atomic E-state index is -0.172. The molecule has 5 nitrogen and oxygen atoms in total. The van der Waals surface area contributed by atoms with Gasteiger partial charge in [0.15, 0.2) is 0 Å². The number of amides is 1. The lowest BCUT2D eigenvalue weighted by molar-refractivity contribution is -0.122. The molecule has 1 heterocycles.